The molecule has 1 saturated carbocycles. The zero-order valence-electron chi connectivity index (χ0n) is 13.0. The van der Waals surface area contributed by atoms with Gasteiger partial charge in [0.15, 0.2) is 0 Å². The van der Waals surface area contributed by atoms with E-state index in [9.17, 15) is 18.0 Å². The van der Waals surface area contributed by atoms with Crippen molar-refractivity contribution in [2.45, 2.75) is 37.6 Å². The fraction of sp³-hybridized carbons (Fsp3) is 0.467. The molecule has 0 atom stereocenters. The number of nitrogens with one attached hydrogen (secondary N) is 2. The van der Waals surface area contributed by atoms with Gasteiger partial charge in [-0.05, 0) is 44.9 Å². The second kappa shape index (κ2) is 6.29. The van der Waals surface area contributed by atoms with Crippen molar-refractivity contribution in [3.63, 3.8) is 0 Å². The Morgan fingerprint density at radius 1 is 1.30 bits per heavy atom. The number of hydrogen-bond donors (Lipinski definition) is 3. The van der Waals surface area contributed by atoms with E-state index in [4.69, 9.17) is 5.11 Å². The lowest BCUT2D eigenvalue weighted by Gasteiger charge is -2.12. The number of amides is 1. The first-order valence-corrected chi connectivity index (χ1v) is 8.79. The van der Waals surface area contributed by atoms with E-state index in [0.717, 1.165) is 0 Å². The third kappa shape index (κ3) is 4.08. The molecule has 1 aliphatic rings. The highest BCUT2D eigenvalue weighted by molar-refractivity contribution is 7.89. The summed E-state index contributed by atoms with van der Waals surface area (Å²) in [5.41, 5.74) is -0.684. The first kappa shape index (κ1) is 17.4. The summed E-state index contributed by atoms with van der Waals surface area (Å²) in [6.07, 6.45) is 1.07. The van der Waals surface area contributed by atoms with Gasteiger partial charge < -0.3 is 10.4 Å². The highest BCUT2D eigenvalue weighted by Gasteiger charge is 2.50. The van der Waals surface area contributed by atoms with E-state index in [1.807, 2.05) is 0 Å². The quantitative estimate of drug-likeness (QED) is 0.684. The number of sulfonamides is 1. The predicted octanol–water partition coefficient (Wildman–Crippen LogP) is 0.968. The summed E-state index contributed by atoms with van der Waals surface area (Å²) in [4.78, 5) is 23.2. The van der Waals surface area contributed by atoms with E-state index in [0.29, 0.717) is 12.8 Å². The van der Waals surface area contributed by atoms with Crippen LogP contribution in [0.15, 0.2) is 29.2 Å². The molecule has 0 spiro atoms. The normalized spacial score (nSPS) is 16.1. The van der Waals surface area contributed by atoms with Crippen molar-refractivity contribution in [1.29, 1.82) is 0 Å². The fourth-order valence-electron chi connectivity index (χ4n) is 2.15. The maximum absolute atomic E-state index is 12.1. The van der Waals surface area contributed by atoms with Gasteiger partial charge in [-0.3, -0.25) is 9.59 Å². The molecule has 126 valence electrons. The van der Waals surface area contributed by atoms with Gasteiger partial charge in [-0.15, -0.1) is 0 Å². The van der Waals surface area contributed by atoms with Crippen molar-refractivity contribution < 1.29 is 23.1 Å². The topological polar surface area (TPSA) is 113 Å². The van der Waals surface area contributed by atoms with Crippen molar-refractivity contribution in [2.24, 2.45) is 5.41 Å². The molecule has 0 radical (unpaired) electrons. The molecule has 0 unspecified atom stereocenters. The van der Waals surface area contributed by atoms with Crippen molar-refractivity contribution in [2.75, 3.05) is 6.54 Å². The third-order valence-electron chi connectivity index (χ3n) is 3.69. The molecule has 0 aliphatic heterocycles. The predicted molar refractivity (Wildman–Crippen MR) is 83.5 cm³/mol. The number of rotatable bonds is 7. The molecule has 0 aromatic heterocycles. The van der Waals surface area contributed by atoms with Gasteiger partial charge >= 0.3 is 5.97 Å². The van der Waals surface area contributed by atoms with Crippen molar-refractivity contribution in [3.05, 3.63) is 29.8 Å². The van der Waals surface area contributed by atoms with Crippen LogP contribution in [0.4, 0.5) is 0 Å². The van der Waals surface area contributed by atoms with Crippen LogP contribution >= 0.6 is 0 Å². The zero-order valence-corrected chi connectivity index (χ0v) is 13.8. The van der Waals surface area contributed by atoms with Crippen LogP contribution in [0.2, 0.25) is 0 Å². The number of benzene rings is 1. The number of carboxylic acid groups (broad SMARTS) is 1. The van der Waals surface area contributed by atoms with E-state index in [1.165, 1.54) is 24.3 Å². The van der Waals surface area contributed by atoms with Gasteiger partial charge in [0.05, 0.1) is 10.3 Å². The molecule has 0 saturated heterocycles. The van der Waals surface area contributed by atoms with E-state index < -0.39 is 27.3 Å². The average molecular weight is 340 g/mol. The second-order valence-electron chi connectivity index (χ2n) is 6.07. The maximum Gasteiger partial charge on any atom is 0.311 e. The van der Waals surface area contributed by atoms with Crippen molar-refractivity contribution >= 4 is 21.9 Å². The molecular weight excluding hydrogens is 320 g/mol. The summed E-state index contributed by atoms with van der Waals surface area (Å²) in [5.74, 6) is -1.41. The Morgan fingerprint density at radius 2 is 1.96 bits per heavy atom. The first-order chi connectivity index (χ1) is 10.7. The fourth-order valence-corrected chi connectivity index (χ4v) is 3.45. The van der Waals surface area contributed by atoms with Crippen molar-refractivity contribution in [1.82, 2.24) is 10.0 Å². The van der Waals surface area contributed by atoms with E-state index >= 15 is 0 Å². The minimum atomic E-state index is -3.68. The summed E-state index contributed by atoms with van der Waals surface area (Å²) >= 11 is 0. The molecule has 1 aliphatic carbocycles. The standard InChI is InChI=1S/C15H20N2O5S/c1-10(2)17-23(21,22)12-5-3-4-11(8-12)13(18)16-9-15(6-7-15)14(19)20/h3-5,8,10,17H,6-7,9H2,1-2H3,(H,16,18)(H,19,20). The Kier molecular flexibility index (Phi) is 4.76. The summed E-state index contributed by atoms with van der Waals surface area (Å²) < 4.78 is 26.7. The average Bonchev–Trinajstić information content (AvgIpc) is 3.25. The van der Waals surface area contributed by atoms with Gasteiger partial charge in [0.1, 0.15) is 0 Å². The first-order valence-electron chi connectivity index (χ1n) is 7.30. The Balaban J connectivity index is 2.10. The summed E-state index contributed by atoms with van der Waals surface area (Å²) in [6, 6.07) is 5.39. The lowest BCUT2D eigenvalue weighted by atomic mass is 10.1. The molecule has 1 fully saturated rings. The van der Waals surface area contributed by atoms with Gasteiger partial charge in [-0.25, -0.2) is 13.1 Å². The van der Waals surface area contributed by atoms with Crippen LogP contribution in [-0.2, 0) is 14.8 Å². The van der Waals surface area contributed by atoms with Crippen LogP contribution in [0.5, 0.6) is 0 Å². The van der Waals surface area contributed by atoms with Crippen LogP contribution in [0.1, 0.15) is 37.0 Å². The van der Waals surface area contributed by atoms with Gasteiger partial charge in [0.25, 0.3) is 5.91 Å². The second-order valence-corrected chi connectivity index (χ2v) is 7.79. The maximum atomic E-state index is 12.1. The van der Waals surface area contributed by atoms with E-state index in [1.54, 1.807) is 13.8 Å². The van der Waals surface area contributed by atoms with Crippen LogP contribution < -0.4 is 10.0 Å². The minimum Gasteiger partial charge on any atom is -0.481 e. The molecule has 0 bridgehead atoms. The number of carboxylic acids is 1. The molecular formula is C15H20N2O5S. The third-order valence-corrected chi connectivity index (χ3v) is 5.35. The Labute approximate surface area is 135 Å². The lowest BCUT2D eigenvalue weighted by Crippen LogP contribution is -2.34. The molecule has 2 rings (SSSR count). The molecule has 1 aromatic carbocycles. The SMILES string of the molecule is CC(C)NS(=O)(=O)c1cccc(C(=O)NCC2(C(=O)O)CC2)c1. The van der Waals surface area contributed by atoms with Gasteiger partial charge in [-0.2, -0.15) is 0 Å². The molecule has 0 heterocycles. The number of aliphatic carboxylic acids is 1. The Bertz CT molecular complexity index is 723. The van der Waals surface area contributed by atoms with E-state index in [-0.39, 0.29) is 23.0 Å². The summed E-state index contributed by atoms with van der Waals surface area (Å²) in [6.45, 7) is 3.45. The van der Waals surface area contributed by atoms with Crippen molar-refractivity contribution in [3.8, 4) is 0 Å². The van der Waals surface area contributed by atoms with Crippen LogP contribution in [-0.4, -0.2) is 38.0 Å². The lowest BCUT2D eigenvalue weighted by molar-refractivity contribution is -0.143. The Hall–Kier alpha value is -1.93. The van der Waals surface area contributed by atoms with Gasteiger partial charge in [0.2, 0.25) is 10.0 Å². The molecule has 23 heavy (non-hydrogen) atoms. The van der Waals surface area contributed by atoms with Gasteiger partial charge in [0, 0.05) is 18.2 Å². The van der Waals surface area contributed by atoms with Crippen LogP contribution in [0, 0.1) is 5.41 Å². The summed E-state index contributed by atoms with van der Waals surface area (Å²) in [7, 11) is -3.68. The number of hydrogen-bond acceptors (Lipinski definition) is 4. The largest absolute Gasteiger partial charge is 0.481 e. The minimum absolute atomic E-state index is 0.00165. The monoisotopic (exact) mass is 340 g/mol. The molecule has 1 aromatic rings. The highest BCUT2D eigenvalue weighted by atomic mass is 32.2. The molecule has 3 N–H and O–H groups in total. The zero-order chi connectivity index (χ0) is 17.3. The smallest absolute Gasteiger partial charge is 0.311 e. The Morgan fingerprint density at radius 3 is 2.48 bits per heavy atom. The van der Waals surface area contributed by atoms with Gasteiger partial charge in [-0.1, -0.05) is 6.07 Å². The number of carbonyl (C=O) groups excluding carboxylic acids is 1. The number of carbonyl (C=O) groups is 2. The molecule has 8 heteroatoms. The molecule has 1 amide bonds. The summed E-state index contributed by atoms with van der Waals surface area (Å²) in [5, 5.41) is 11.7. The van der Waals surface area contributed by atoms with Crippen LogP contribution in [0.25, 0.3) is 0 Å². The van der Waals surface area contributed by atoms with Crippen LogP contribution in [0.3, 0.4) is 0 Å². The van der Waals surface area contributed by atoms with E-state index in [2.05, 4.69) is 10.0 Å². The highest BCUT2D eigenvalue weighted by Crippen LogP contribution is 2.45. The molecule has 7 nitrogen and oxygen atoms in total.